The number of ether oxygens (including phenoxy) is 4. The number of hydrogen-bond donors (Lipinski definition) is 0. The van der Waals surface area contributed by atoms with Gasteiger partial charge in [0, 0.05) is 0 Å². The Morgan fingerprint density at radius 1 is 0.722 bits per heavy atom. The van der Waals surface area contributed by atoms with Gasteiger partial charge >= 0.3 is 0 Å². The highest BCUT2D eigenvalue weighted by atomic mass is 16.6. The fourth-order valence-corrected chi connectivity index (χ4v) is 0.876. The van der Waals surface area contributed by atoms with Crippen LogP contribution in [0.15, 0.2) is 39.5 Å². The van der Waals surface area contributed by atoms with E-state index in [1.807, 2.05) is 0 Å². The maximum Gasteiger partial charge on any atom is 0.104 e. The second kappa shape index (κ2) is 16.1. The average molecular weight is 258 g/mol. The smallest absolute Gasteiger partial charge is 0.104 e. The van der Waals surface area contributed by atoms with Crippen LogP contribution in [0.25, 0.3) is 0 Å². The van der Waals surface area contributed by atoms with Crippen molar-refractivity contribution in [2.45, 2.75) is 12.2 Å². The molecule has 2 saturated heterocycles. The Bertz CT molecular complexity index is 146. The highest BCUT2D eigenvalue weighted by molar-refractivity contribution is 4.68. The number of hydrogen-bond acceptors (Lipinski definition) is 4. The zero-order valence-electron chi connectivity index (χ0n) is 11.3. The summed E-state index contributed by atoms with van der Waals surface area (Å²) in [6.45, 7) is 22.5. The van der Waals surface area contributed by atoms with E-state index in [-0.39, 0.29) is 0 Å². The normalized spacial score (nSPS) is 22.0. The molecule has 2 heterocycles. The molecular weight excluding hydrogens is 232 g/mol. The molecule has 0 amide bonds. The van der Waals surface area contributed by atoms with E-state index in [9.17, 15) is 0 Å². The summed E-state index contributed by atoms with van der Waals surface area (Å²) in [4.78, 5) is 0. The minimum atomic E-state index is 0.358. The lowest BCUT2D eigenvalue weighted by molar-refractivity contribution is 0.0366. The van der Waals surface area contributed by atoms with E-state index < -0.39 is 0 Å². The van der Waals surface area contributed by atoms with Gasteiger partial charge in [0.25, 0.3) is 0 Å². The SMILES string of the molecule is C(COCC1CO1)OCC1CO1.C=C.C=C.C=C. The molecule has 2 unspecified atom stereocenters. The van der Waals surface area contributed by atoms with E-state index in [1.165, 1.54) is 0 Å². The van der Waals surface area contributed by atoms with E-state index >= 15 is 0 Å². The minimum absolute atomic E-state index is 0.358. The molecule has 4 nitrogen and oxygen atoms in total. The molecule has 2 aliphatic heterocycles. The highest BCUT2D eigenvalue weighted by Gasteiger charge is 2.23. The third-order valence-corrected chi connectivity index (χ3v) is 1.78. The lowest BCUT2D eigenvalue weighted by Gasteiger charge is -2.02. The van der Waals surface area contributed by atoms with Gasteiger partial charge in [0.15, 0.2) is 0 Å². The van der Waals surface area contributed by atoms with Gasteiger partial charge in [-0.1, -0.05) is 0 Å². The Balaban J connectivity index is 0. The van der Waals surface area contributed by atoms with Gasteiger partial charge < -0.3 is 18.9 Å². The van der Waals surface area contributed by atoms with Gasteiger partial charge in [0.1, 0.15) is 12.2 Å². The number of epoxide rings is 2. The Hall–Kier alpha value is -0.940. The maximum absolute atomic E-state index is 5.27. The van der Waals surface area contributed by atoms with Crippen LogP contribution in [0.5, 0.6) is 0 Å². The fraction of sp³-hybridized carbons (Fsp3) is 0.571. The Kier molecular flexibility index (Phi) is 17.3. The second-order valence-corrected chi connectivity index (χ2v) is 3.06. The lowest BCUT2D eigenvalue weighted by Crippen LogP contribution is -2.10. The van der Waals surface area contributed by atoms with E-state index in [2.05, 4.69) is 39.5 Å². The average Bonchev–Trinajstić information content (AvgIpc) is 3.34. The predicted octanol–water partition coefficient (Wildman–Crippen LogP) is 2.22. The highest BCUT2D eigenvalue weighted by Crippen LogP contribution is 2.09. The Labute approximate surface area is 111 Å². The molecule has 0 aliphatic carbocycles. The van der Waals surface area contributed by atoms with Crippen LogP contribution >= 0.6 is 0 Å². The van der Waals surface area contributed by atoms with Gasteiger partial charge in [-0.05, 0) is 0 Å². The number of rotatable bonds is 7. The first kappa shape index (κ1) is 19.4. The molecule has 2 rings (SSSR count). The molecule has 2 atom stereocenters. The van der Waals surface area contributed by atoms with Crippen molar-refractivity contribution in [1.29, 1.82) is 0 Å². The molecule has 4 heteroatoms. The third-order valence-electron chi connectivity index (χ3n) is 1.78. The van der Waals surface area contributed by atoms with Crippen LogP contribution in [0.2, 0.25) is 0 Å². The van der Waals surface area contributed by atoms with Gasteiger partial charge in [-0.25, -0.2) is 0 Å². The van der Waals surface area contributed by atoms with Crippen molar-refractivity contribution in [3.8, 4) is 0 Å². The summed E-state index contributed by atoms with van der Waals surface area (Å²) in [6, 6.07) is 0. The zero-order valence-corrected chi connectivity index (χ0v) is 11.3. The van der Waals surface area contributed by atoms with E-state index in [0.29, 0.717) is 38.6 Å². The van der Waals surface area contributed by atoms with Gasteiger partial charge in [-0.3, -0.25) is 0 Å². The van der Waals surface area contributed by atoms with Gasteiger partial charge in [0.05, 0.1) is 39.6 Å². The van der Waals surface area contributed by atoms with Crippen LogP contribution < -0.4 is 0 Å². The second-order valence-electron chi connectivity index (χ2n) is 3.06. The van der Waals surface area contributed by atoms with Crippen molar-refractivity contribution in [3.05, 3.63) is 39.5 Å². The summed E-state index contributed by atoms with van der Waals surface area (Å²) in [7, 11) is 0. The molecule has 0 N–H and O–H groups in total. The molecule has 0 aromatic heterocycles. The molecule has 0 radical (unpaired) electrons. The third kappa shape index (κ3) is 15.1. The predicted molar refractivity (Wildman–Crippen MR) is 74.9 cm³/mol. The molecule has 0 aromatic carbocycles. The van der Waals surface area contributed by atoms with E-state index in [0.717, 1.165) is 13.2 Å². The van der Waals surface area contributed by atoms with E-state index in [4.69, 9.17) is 18.9 Å². The van der Waals surface area contributed by atoms with Crippen LogP contribution in [0, 0.1) is 0 Å². The van der Waals surface area contributed by atoms with Crippen molar-refractivity contribution in [2.24, 2.45) is 0 Å². The minimum Gasteiger partial charge on any atom is -0.376 e. The summed E-state index contributed by atoms with van der Waals surface area (Å²) in [5.74, 6) is 0. The standard InChI is InChI=1S/C8H14O4.3C2H4/c1(9-3-7-5-11-7)2-10-4-8-6-12-8;3*1-2/h7-8H,1-6H2;3*1-2H2. The maximum atomic E-state index is 5.27. The van der Waals surface area contributed by atoms with Crippen molar-refractivity contribution in [3.63, 3.8) is 0 Å². The van der Waals surface area contributed by atoms with Crippen molar-refractivity contribution < 1.29 is 18.9 Å². The molecule has 2 fully saturated rings. The van der Waals surface area contributed by atoms with Crippen LogP contribution in [-0.4, -0.2) is 51.8 Å². The van der Waals surface area contributed by atoms with Crippen molar-refractivity contribution >= 4 is 0 Å². The van der Waals surface area contributed by atoms with Crippen LogP contribution in [0.1, 0.15) is 0 Å². The molecular formula is C14H26O4. The molecule has 106 valence electrons. The lowest BCUT2D eigenvalue weighted by atomic mass is 10.5. The summed E-state index contributed by atoms with van der Waals surface area (Å²) in [5, 5.41) is 0. The molecule has 0 saturated carbocycles. The van der Waals surface area contributed by atoms with Crippen molar-refractivity contribution in [1.82, 2.24) is 0 Å². The summed E-state index contributed by atoms with van der Waals surface area (Å²) < 4.78 is 20.5. The van der Waals surface area contributed by atoms with Crippen LogP contribution in [0.3, 0.4) is 0 Å². The summed E-state index contributed by atoms with van der Waals surface area (Å²) >= 11 is 0. The molecule has 2 aliphatic rings. The zero-order chi connectivity index (χ0) is 14.2. The van der Waals surface area contributed by atoms with Gasteiger partial charge in [-0.2, -0.15) is 0 Å². The molecule has 18 heavy (non-hydrogen) atoms. The van der Waals surface area contributed by atoms with Gasteiger partial charge in [-0.15, -0.1) is 39.5 Å². The quantitative estimate of drug-likeness (QED) is 0.399. The van der Waals surface area contributed by atoms with Gasteiger partial charge in [0.2, 0.25) is 0 Å². The van der Waals surface area contributed by atoms with E-state index in [1.54, 1.807) is 0 Å². The Morgan fingerprint density at radius 3 is 1.22 bits per heavy atom. The Morgan fingerprint density at radius 2 is 1.00 bits per heavy atom. The molecule has 0 spiro atoms. The first-order valence-corrected chi connectivity index (χ1v) is 5.84. The monoisotopic (exact) mass is 258 g/mol. The molecule has 0 bridgehead atoms. The fourth-order valence-electron chi connectivity index (χ4n) is 0.876. The van der Waals surface area contributed by atoms with Crippen LogP contribution in [0.4, 0.5) is 0 Å². The largest absolute Gasteiger partial charge is 0.376 e. The topological polar surface area (TPSA) is 43.5 Å². The molecule has 0 aromatic rings. The summed E-state index contributed by atoms with van der Waals surface area (Å²) in [6.07, 6.45) is 0.716. The van der Waals surface area contributed by atoms with Crippen molar-refractivity contribution in [2.75, 3.05) is 39.6 Å². The summed E-state index contributed by atoms with van der Waals surface area (Å²) in [5.41, 5.74) is 0. The van der Waals surface area contributed by atoms with Crippen LogP contribution in [-0.2, 0) is 18.9 Å². The first-order chi connectivity index (χ1) is 8.95. The first-order valence-electron chi connectivity index (χ1n) is 5.84.